The van der Waals surface area contributed by atoms with Gasteiger partial charge in [0.2, 0.25) is 11.8 Å². The largest absolute Gasteiger partial charge is 0.481 e. The lowest BCUT2D eigenvalue weighted by molar-refractivity contribution is 0.385. The lowest BCUT2D eigenvalue weighted by Crippen LogP contribution is -2.30. The number of anilines is 1. The molecule has 19 heavy (non-hydrogen) atoms. The molecule has 1 saturated heterocycles. The molecule has 3 heterocycles. The maximum absolute atomic E-state index is 5.46. The molecule has 3 rings (SSSR count). The molecule has 5 heteroatoms. The fourth-order valence-electron chi connectivity index (χ4n) is 2.88. The minimum atomic E-state index is 0.747. The summed E-state index contributed by atoms with van der Waals surface area (Å²) in [6.45, 7) is 3.95. The molecule has 0 saturated carbocycles. The van der Waals surface area contributed by atoms with Crippen molar-refractivity contribution in [3.8, 4) is 5.88 Å². The fourth-order valence-corrected chi connectivity index (χ4v) is 2.88. The van der Waals surface area contributed by atoms with Crippen LogP contribution in [0, 0.1) is 0 Å². The van der Waals surface area contributed by atoms with Crippen molar-refractivity contribution in [2.24, 2.45) is 0 Å². The zero-order chi connectivity index (χ0) is 13.1. The van der Waals surface area contributed by atoms with E-state index in [0.717, 1.165) is 55.7 Å². The third kappa shape index (κ3) is 2.66. The van der Waals surface area contributed by atoms with Crippen molar-refractivity contribution in [2.75, 3.05) is 31.6 Å². The number of hydrogen-bond acceptors (Lipinski definition) is 5. The SMILES string of the molecule is COc1nc(N2CCCCCC2)nc2c1CNCC2. The molecular weight excluding hydrogens is 240 g/mol. The highest BCUT2D eigenvalue weighted by Gasteiger charge is 2.21. The van der Waals surface area contributed by atoms with E-state index < -0.39 is 0 Å². The Labute approximate surface area is 114 Å². The van der Waals surface area contributed by atoms with Gasteiger partial charge in [0.05, 0.1) is 12.8 Å². The lowest BCUT2D eigenvalue weighted by Gasteiger charge is -2.24. The highest BCUT2D eigenvalue weighted by atomic mass is 16.5. The molecule has 5 nitrogen and oxygen atoms in total. The summed E-state index contributed by atoms with van der Waals surface area (Å²) in [4.78, 5) is 11.7. The van der Waals surface area contributed by atoms with Crippen molar-refractivity contribution in [2.45, 2.75) is 38.6 Å². The number of rotatable bonds is 2. The maximum Gasteiger partial charge on any atom is 0.228 e. The summed E-state index contributed by atoms with van der Waals surface area (Å²) in [5, 5.41) is 3.35. The van der Waals surface area contributed by atoms with Crippen LogP contribution in [0.15, 0.2) is 0 Å². The van der Waals surface area contributed by atoms with Gasteiger partial charge in [0, 0.05) is 38.2 Å². The molecule has 104 valence electrons. The van der Waals surface area contributed by atoms with Gasteiger partial charge in [-0.3, -0.25) is 0 Å². The van der Waals surface area contributed by atoms with Crippen LogP contribution in [0.3, 0.4) is 0 Å². The van der Waals surface area contributed by atoms with Crippen LogP contribution >= 0.6 is 0 Å². The predicted octanol–water partition coefficient (Wildman–Crippen LogP) is 1.51. The summed E-state index contributed by atoms with van der Waals surface area (Å²) in [6.07, 6.45) is 6.09. The van der Waals surface area contributed by atoms with Crippen LogP contribution in [0.5, 0.6) is 5.88 Å². The second kappa shape index (κ2) is 5.74. The molecule has 1 aromatic heterocycles. The first-order chi connectivity index (χ1) is 9.38. The Kier molecular flexibility index (Phi) is 3.82. The second-order valence-corrected chi connectivity index (χ2v) is 5.29. The van der Waals surface area contributed by atoms with Gasteiger partial charge in [0.15, 0.2) is 0 Å². The van der Waals surface area contributed by atoms with E-state index >= 15 is 0 Å². The molecule has 0 atom stereocenters. The Morgan fingerprint density at radius 3 is 2.63 bits per heavy atom. The van der Waals surface area contributed by atoms with E-state index in [9.17, 15) is 0 Å². The number of nitrogens with zero attached hydrogens (tertiary/aromatic N) is 3. The molecule has 2 aliphatic rings. The van der Waals surface area contributed by atoms with Crippen molar-refractivity contribution in [1.29, 1.82) is 0 Å². The highest BCUT2D eigenvalue weighted by molar-refractivity contribution is 5.41. The molecule has 0 bridgehead atoms. The van der Waals surface area contributed by atoms with Crippen LogP contribution < -0.4 is 15.0 Å². The number of aromatic nitrogens is 2. The van der Waals surface area contributed by atoms with Gasteiger partial charge in [-0.05, 0) is 12.8 Å². The number of methoxy groups -OCH3 is 1. The number of ether oxygens (including phenoxy) is 1. The normalized spacial score (nSPS) is 19.7. The van der Waals surface area contributed by atoms with Crippen molar-refractivity contribution in [1.82, 2.24) is 15.3 Å². The molecule has 0 spiro atoms. The lowest BCUT2D eigenvalue weighted by atomic mass is 10.1. The highest BCUT2D eigenvalue weighted by Crippen LogP contribution is 2.26. The number of fused-ring (bicyclic) bond motifs is 1. The third-order valence-corrected chi connectivity index (χ3v) is 3.97. The van der Waals surface area contributed by atoms with Crippen LogP contribution in [0.25, 0.3) is 0 Å². The van der Waals surface area contributed by atoms with Gasteiger partial charge in [-0.1, -0.05) is 12.8 Å². The van der Waals surface area contributed by atoms with Gasteiger partial charge in [0.1, 0.15) is 0 Å². The summed E-state index contributed by atoms with van der Waals surface area (Å²) in [5.74, 6) is 1.61. The van der Waals surface area contributed by atoms with Gasteiger partial charge in [-0.2, -0.15) is 4.98 Å². The van der Waals surface area contributed by atoms with Gasteiger partial charge in [-0.25, -0.2) is 4.98 Å². The van der Waals surface area contributed by atoms with Crippen LogP contribution in [0.2, 0.25) is 0 Å². The summed E-state index contributed by atoms with van der Waals surface area (Å²) < 4.78 is 5.46. The molecule has 0 unspecified atom stereocenters. The molecular formula is C14H22N4O. The third-order valence-electron chi connectivity index (χ3n) is 3.97. The van der Waals surface area contributed by atoms with Crippen LogP contribution in [0.4, 0.5) is 5.95 Å². The first-order valence-electron chi connectivity index (χ1n) is 7.28. The van der Waals surface area contributed by atoms with Crippen LogP contribution in [-0.4, -0.2) is 36.7 Å². The monoisotopic (exact) mass is 262 g/mol. The van der Waals surface area contributed by atoms with Gasteiger partial charge >= 0.3 is 0 Å². The number of nitrogens with one attached hydrogen (secondary N) is 1. The zero-order valence-electron chi connectivity index (χ0n) is 11.6. The Hall–Kier alpha value is -1.36. The van der Waals surface area contributed by atoms with E-state index in [4.69, 9.17) is 9.72 Å². The molecule has 0 radical (unpaired) electrons. The Balaban J connectivity index is 1.92. The number of hydrogen-bond donors (Lipinski definition) is 1. The van der Waals surface area contributed by atoms with Crippen molar-refractivity contribution >= 4 is 5.95 Å². The van der Waals surface area contributed by atoms with Gasteiger partial charge < -0.3 is 15.0 Å². The quantitative estimate of drug-likeness (QED) is 0.875. The Morgan fingerprint density at radius 2 is 1.89 bits per heavy atom. The summed E-state index contributed by atoms with van der Waals surface area (Å²) in [6, 6.07) is 0. The van der Waals surface area contributed by atoms with E-state index in [2.05, 4.69) is 15.2 Å². The predicted molar refractivity (Wildman–Crippen MR) is 74.7 cm³/mol. The summed E-state index contributed by atoms with van der Waals surface area (Å²) in [5.41, 5.74) is 2.29. The average molecular weight is 262 g/mol. The smallest absolute Gasteiger partial charge is 0.228 e. The average Bonchev–Trinajstić information content (AvgIpc) is 2.75. The van der Waals surface area contributed by atoms with E-state index in [-0.39, 0.29) is 0 Å². The topological polar surface area (TPSA) is 50.3 Å². The van der Waals surface area contributed by atoms with Gasteiger partial charge in [0.25, 0.3) is 0 Å². The van der Waals surface area contributed by atoms with Crippen molar-refractivity contribution in [3.63, 3.8) is 0 Å². The summed E-state index contributed by atoms with van der Waals surface area (Å²) in [7, 11) is 1.70. The molecule has 1 fully saturated rings. The van der Waals surface area contributed by atoms with E-state index in [1.165, 1.54) is 25.7 Å². The zero-order valence-corrected chi connectivity index (χ0v) is 11.6. The van der Waals surface area contributed by atoms with E-state index in [1.807, 2.05) is 0 Å². The van der Waals surface area contributed by atoms with Crippen molar-refractivity contribution in [3.05, 3.63) is 11.3 Å². The second-order valence-electron chi connectivity index (χ2n) is 5.29. The Bertz CT molecular complexity index is 424. The van der Waals surface area contributed by atoms with Crippen LogP contribution in [0.1, 0.15) is 36.9 Å². The standard InChI is InChI=1S/C14H22N4O/c1-19-13-11-10-15-7-6-12(11)16-14(17-13)18-8-4-2-3-5-9-18/h15H,2-10H2,1H3. The molecule has 0 aromatic carbocycles. The maximum atomic E-state index is 5.46. The fraction of sp³-hybridized carbons (Fsp3) is 0.714. The molecule has 0 aliphatic carbocycles. The summed E-state index contributed by atoms with van der Waals surface area (Å²) >= 11 is 0. The molecule has 1 aromatic rings. The minimum absolute atomic E-state index is 0.747. The first-order valence-corrected chi connectivity index (χ1v) is 7.28. The molecule has 1 N–H and O–H groups in total. The first kappa shape index (κ1) is 12.7. The minimum Gasteiger partial charge on any atom is -0.481 e. The molecule has 2 aliphatic heterocycles. The Morgan fingerprint density at radius 1 is 1.11 bits per heavy atom. The van der Waals surface area contributed by atoms with E-state index in [0.29, 0.717) is 0 Å². The van der Waals surface area contributed by atoms with Crippen LogP contribution in [-0.2, 0) is 13.0 Å². The van der Waals surface area contributed by atoms with Crippen molar-refractivity contribution < 1.29 is 4.74 Å². The van der Waals surface area contributed by atoms with E-state index in [1.54, 1.807) is 7.11 Å². The van der Waals surface area contributed by atoms with Gasteiger partial charge in [-0.15, -0.1) is 0 Å². The molecule has 0 amide bonds.